The maximum atomic E-state index is 4.32. The van der Waals surface area contributed by atoms with Crippen molar-refractivity contribution in [2.24, 2.45) is 0 Å². The lowest BCUT2D eigenvalue weighted by molar-refractivity contribution is 0.794. The van der Waals surface area contributed by atoms with Gasteiger partial charge >= 0.3 is 0 Å². The molecular formula is C9H6N12. The Balaban J connectivity index is 1.92. The second-order valence-corrected chi connectivity index (χ2v) is 3.84. The molecule has 0 aromatic carbocycles. The fourth-order valence-electron chi connectivity index (χ4n) is 1.60. The van der Waals surface area contributed by atoms with Crippen molar-refractivity contribution in [1.82, 2.24) is 59.2 Å². The van der Waals surface area contributed by atoms with Crippen LogP contribution < -0.4 is 0 Å². The Kier molecular flexibility index (Phi) is 2.42. The first-order valence-electron chi connectivity index (χ1n) is 5.71. The van der Waals surface area contributed by atoms with Gasteiger partial charge in [-0.2, -0.15) is 15.0 Å². The van der Waals surface area contributed by atoms with Gasteiger partial charge in [0.05, 0.1) is 0 Å². The summed E-state index contributed by atoms with van der Waals surface area (Å²) in [7, 11) is 0. The zero-order valence-electron chi connectivity index (χ0n) is 10.3. The van der Waals surface area contributed by atoms with Crippen molar-refractivity contribution >= 4 is 0 Å². The molecule has 0 fully saturated rings. The van der Waals surface area contributed by atoms with Gasteiger partial charge in [-0.3, -0.25) is 13.7 Å². The Morgan fingerprint density at radius 1 is 0.429 bits per heavy atom. The minimum absolute atomic E-state index is 0.349. The van der Waals surface area contributed by atoms with Crippen LogP contribution in [0.5, 0.6) is 0 Å². The molecule has 4 heterocycles. The van der Waals surface area contributed by atoms with E-state index in [9.17, 15) is 0 Å². The van der Waals surface area contributed by atoms with Gasteiger partial charge < -0.3 is 0 Å². The van der Waals surface area contributed by atoms with E-state index < -0.39 is 0 Å². The number of aromatic nitrogens is 12. The Morgan fingerprint density at radius 2 is 0.667 bits per heavy atom. The Morgan fingerprint density at radius 3 is 0.905 bits per heavy atom. The molecule has 0 amide bonds. The third-order valence-electron chi connectivity index (χ3n) is 2.55. The Bertz CT molecular complexity index is 704. The largest absolute Gasteiger partial charge is 0.255 e. The summed E-state index contributed by atoms with van der Waals surface area (Å²) in [5.41, 5.74) is 0. The summed E-state index contributed by atoms with van der Waals surface area (Å²) < 4.78 is 4.68. The van der Waals surface area contributed by atoms with E-state index >= 15 is 0 Å². The average Bonchev–Trinajstić information content (AvgIpc) is 3.29. The van der Waals surface area contributed by atoms with Gasteiger partial charge in [0.1, 0.15) is 38.0 Å². The van der Waals surface area contributed by atoms with Gasteiger partial charge in [0.25, 0.3) is 0 Å². The van der Waals surface area contributed by atoms with E-state index in [0.717, 1.165) is 0 Å². The molecule has 4 aromatic rings. The van der Waals surface area contributed by atoms with Crippen LogP contribution in [-0.4, -0.2) is 59.2 Å². The maximum Gasteiger partial charge on any atom is 0.242 e. The zero-order valence-corrected chi connectivity index (χ0v) is 10.3. The van der Waals surface area contributed by atoms with Crippen LogP contribution in [0.15, 0.2) is 38.0 Å². The quantitative estimate of drug-likeness (QED) is 0.445. The second-order valence-electron chi connectivity index (χ2n) is 3.84. The first-order valence-corrected chi connectivity index (χ1v) is 5.71. The van der Waals surface area contributed by atoms with Crippen LogP contribution in [0.4, 0.5) is 0 Å². The van der Waals surface area contributed by atoms with Crippen molar-refractivity contribution in [2.75, 3.05) is 0 Å². The predicted octanol–water partition coefficient (Wildman–Crippen LogP) is -1.39. The topological polar surface area (TPSA) is 131 Å². The molecule has 12 heteroatoms. The Hall–Kier alpha value is -3.57. The molecule has 0 aliphatic rings. The number of nitrogens with zero attached hydrogens (tertiary/aromatic N) is 12. The highest BCUT2D eigenvalue weighted by Crippen LogP contribution is 2.08. The van der Waals surface area contributed by atoms with Crippen molar-refractivity contribution < 1.29 is 0 Å². The molecular weight excluding hydrogens is 276 g/mol. The summed E-state index contributed by atoms with van der Waals surface area (Å²) >= 11 is 0. The number of rotatable bonds is 3. The maximum absolute atomic E-state index is 4.32. The molecule has 21 heavy (non-hydrogen) atoms. The third-order valence-corrected chi connectivity index (χ3v) is 2.55. The van der Waals surface area contributed by atoms with Crippen molar-refractivity contribution in [2.45, 2.75) is 0 Å². The fourth-order valence-corrected chi connectivity index (χ4v) is 1.60. The summed E-state index contributed by atoms with van der Waals surface area (Å²) in [6.45, 7) is 0. The summed E-state index contributed by atoms with van der Waals surface area (Å²) in [6.07, 6.45) is 8.92. The average molecular weight is 282 g/mol. The van der Waals surface area contributed by atoms with E-state index in [2.05, 4.69) is 45.5 Å². The van der Waals surface area contributed by atoms with Crippen molar-refractivity contribution in [1.29, 1.82) is 0 Å². The van der Waals surface area contributed by atoms with Crippen LogP contribution in [0, 0.1) is 0 Å². The highest BCUT2D eigenvalue weighted by Gasteiger charge is 2.11. The normalized spacial score (nSPS) is 10.9. The van der Waals surface area contributed by atoms with Gasteiger partial charge in [-0.1, -0.05) is 0 Å². The van der Waals surface area contributed by atoms with E-state index in [0.29, 0.717) is 17.8 Å². The Labute approximate surface area is 116 Å². The summed E-state index contributed by atoms with van der Waals surface area (Å²) in [6, 6.07) is 0. The molecule has 0 aliphatic heterocycles. The van der Waals surface area contributed by atoms with Crippen molar-refractivity contribution in [3.8, 4) is 17.8 Å². The van der Waals surface area contributed by atoms with Crippen LogP contribution in [-0.2, 0) is 0 Å². The van der Waals surface area contributed by atoms with E-state index in [1.54, 1.807) is 13.7 Å². The smallest absolute Gasteiger partial charge is 0.242 e. The summed E-state index contributed by atoms with van der Waals surface area (Å²) in [5, 5.41) is 22.4. The molecule has 0 spiro atoms. The summed E-state index contributed by atoms with van der Waals surface area (Å²) in [5.74, 6) is 1.05. The van der Waals surface area contributed by atoms with Crippen LogP contribution in [0.1, 0.15) is 0 Å². The molecule has 0 saturated carbocycles. The molecule has 4 aromatic heterocycles. The highest BCUT2D eigenvalue weighted by molar-refractivity contribution is 5.25. The van der Waals surface area contributed by atoms with Gasteiger partial charge in [-0.05, 0) is 0 Å². The van der Waals surface area contributed by atoms with E-state index in [4.69, 9.17) is 0 Å². The van der Waals surface area contributed by atoms with E-state index in [1.165, 1.54) is 38.0 Å². The zero-order chi connectivity index (χ0) is 14.1. The van der Waals surface area contributed by atoms with Crippen molar-refractivity contribution in [3.05, 3.63) is 38.0 Å². The van der Waals surface area contributed by atoms with Crippen LogP contribution in [0.25, 0.3) is 17.8 Å². The molecule has 0 atom stereocenters. The molecule has 0 bridgehead atoms. The van der Waals surface area contributed by atoms with Gasteiger partial charge in [0.2, 0.25) is 17.8 Å². The number of hydrogen-bond donors (Lipinski definition) is 0. The predicted molar refractivity (Wildman–Crippen MR) is 64.6 cm³/mol. The van der Waals surface area contributed by atoms with Crippen molar-refractivity contribution in [3.63, 3.8) is 0 Å². The van der Waals surface area contributed by atoms with Crippen LogP contribution in [0.2, 0.25) is 0 Å². The molecule has 0 saturated heterocycles. The molecule has 0 radical (unpaired) electrons. The summed E-state index contributed by atoms with van der Waals surface area (Å²) in [4.78, 5) is 13.0. The second kappa shape index (κ2) is 4.52. The molecule has 12 nitrogen and oxygen atoms in total. The van der Waals surface area contributed by atoms with Gasteiger partial charge in [0, 0.05) is 0 Å². The van der Waals surface area contributed by atoms with Crippen LogP contribution in [0.3, 0.4) is 0 Å². The van der Waals surface area contributed by atoms with Gasteiger partial charge in [-0.15, -0.1) is 30.6 Å². The molecule has 4 rings (SSSR count). The van der Waals surface area contributed by atoms with E-state index in [-0.39, 0.29) is 0 Å². The highest BCUT2D eigenvalue weighted by atomic mass is 15.4. The minimum Gasteiger partial charge on any atom is -0.255 e. The monoisotopic (exact) mass is 282 g/mol. The lowest BCUT2D eigenvalue weighted by Crippen LogP contribution is -2.11. The lowest BCUT2D eigenvalue weighted by Gasteiger charge is -2.06. The lowest BCUT2D eigenvalue weighted by atomic mass is 10.7. The van der Waals surface area contributed by atoms with E-state index in [1.807, 2.05) is 0 Å². The van der Waals surface area contributed by atoms with Gasteiger partial charge in [-0.25, -0.2) is 0 Å². The number of hydrogen-bond acceptors (Lipinski definition) is 9. The SMILES string of the molecule is c1nncn1-c1nc(-n2cnnc2)nc(-n2cnnc2)n1. The molecule has 102 valence electrons. The fraction of sp³-hybridized carbons (Fsp3) is 0. The molecule has 0 unspecified atom stereocenters. The third kappa shape index (κ3) is 1.99. The van der Waals surface area contributed by atoms with Crippen LogP contribution >= 0.6 is 0 Å². The molecule has 0 aliphatic carbocycles. The minimum atomic E-state index is 0.349. The standard InChI is InChI=1S/C9H6N12/c1-10-11-2-19(1)7-16-8(20-3-12-13-4-20)18-9(17-7)21-5-14-15-6-21/h1-6H. The molecule has 0 N–H and O–H groups in total. The first kappa shape index (κ1) is 11.3. The first-order chi connectivity index (χ1) is 10.4. The van der Waals surface area contributed by atoms with Gasteiger partial charge in [0.15, 0.2) is 0 Å².